The van der Waals surface area contributed by atoms with Gasteiger partial charge in [-0.3, -0.25) is 4.79 Å². The third-order valence-corrected chi connectivity index (χ3v) is 2.87. The van der Waals surface area contributed by atoms with Crippen molar-refractivity contribution < 1.29 is 9.53 Å². The molecule has 8 heteroatoms. The number of pyridine rings is 1. The van der Waals surface area contributed by atoms with Crippen molar-refractivity contribution in [2.24, 2.45) is 0 Å². The molecule has 1 amide bonds. The van der Waals surface area contributed by atoms with E-state index in [-0.39, 0.29) is 12.5 Å². The molecule has 2 aromatic heterocycles. The van der Waals surface area contributed by atoms with Crippen LogP contribution in [0.3, 0.4) is 0 Å². The summed E-state index contributed by atoms with van der Waals surface area (Å²) in [6, 6.07) is 5.64. The van der Waals surface area contributed by atoms with Gasteiger partial charge in [0.25, 0.3) is 0 Å². The summed E-state index contributed by atoms with van der Waals surface area (Å²) in [5.74, 6) is 1.88. The Morgan fingerprint density at radius 1 is 1.13 bits per heavy atom. The maximum Gasteiger partial charge on any atom is 0.246 e. The number of anilines is 3. The fourth-order valence-corrected chi connectivity index (χ4v) is 1.83. The molecule has 0 bridgehead atoms. The molecule has 2 heterocycles. The number of carbonyl (C=O) groups is 1. The van der Waals surface area contributed by atoms with Crippen LogP contribution in [0.4, 0.5) is 17.5 Å². The fraction of sp³-hybridized carbons (Fsp3) is 0.333. The zero-order valence-corrected chi connectivity index (χ0v) is 13.2. The third-order valence-electron chi connectivity index (χ3n) is 2.87. The van der Waals surface area contributed by atoms with E-state index in [2.05, 4.69) is 30.9 Å². The predicted molar refractivity (Wildman–Crippen MR) is 87.7 cm³/mol. The number of carbonyl (C=O) groups excluding carboxylic acids is 1. The molecule has 0 radical (unpaired) electrons. The minimum Gasteiger partial charge on any atom is -0.375 e. The lowest BCUT2D eigenvalue weighted by molar-refractivity contribution is -0.124. The first-order valence-electron chi connectivity index (χ1n) is 7.18. The van der Waals surface area contributed by atoms with Gasteiger partial charge in [0.1, 0.15) is 30.4 Å². The van der Waals surface area contributed by atoms with E-state index in [1.807, 2.05) is 19.1 Å². The monoisotopic (exact) mass is 316 g/mol. The predicted octanol–water partition coefficient (Wildman–Crippen LogP) is 1.10. The average molecular weight is 316 g/mol. The van der Waals surface area contributed by atoms with E-state index in [4.69, 9.17) is 4.74 Å². The molecule has 0 atom stereocenters. The van der Waals surface area contributed by atoms with Crippen LogP contribution in [-0.2, 0) is 9.53 Å². The lowest BCUT2D eigenvalue weighted by Gasteiger charge is -2.09. The number of amides is 1. The van der Waals surface area contributed by atoms with E-state index in [0.29, 0.717) is 24.7 Å². The van der Waals surface area contributed by atoms with Gasteiger partial charge in [-0.1, -0.05) is 0 Å². The normalized spacial score (nSPS) is 10.2. The van der Waals surface area contributed by atoms with Gasteiger partial charge in [-0.05, 0) is 24.6 Å². The summed E-state index contributed by atoms with van der Waals surface area (Å²) >= 11 is 0. The minimum absolute atomic E-state index is 0.0606. The number of methoxy groups -OCH3 is 1. The Morgan fingerprint density at radius 3 is 2.70 bits per heavy atom. The topological polar surface area (TPSA) is 101 Å². The maximum absolute atomic E-state index is 11.2. The van der Waals surface area contributed by atoms with Crippen LogP contribution >= 0.6 is 0 Å². The second-order valence-electron chi connectivity index (χ2n) is 4.84. The Hall–Kier alpha value is -2.74. The van der Waals surface area contributed by atoms with Crippen molar-refractivity contribution in [1.29, 1.82) is 0 Å². The van der Waals surface area contributed by atoms with Crippen molar-refractivity contribution in [3.63, 3.8) is 0 Å². The molecular weight excluding hydrogens is 296 g/mol. The van der Waals surface area contributed by atoms with E-state index in [1.54, 1.807) is 12.3 Å². The summed E-state index contributed by atoms with van der Waals surface area (Å²) in [6.45, 7) is 3.09. The quantitative estimate of drug-likeness (QED) is 0.627. The third kappa shape index (κ3) is 5.87. The van der Waals surface area contributed by atoms with E-state index in [1.165, 1.54) is 13.4 Å². The Kier molecular flexibility index (Phi) is 6.25. The lowest BCUT2D eigenvalue weighted by Crippen LogP contribution is -2.31. The van der Waals surface area contributed by atoms with Gasteiger partial charge in [-0.15, -0.1) is 0 Å². The molecule has 23 heavy (non-hydrogen) atoms. The van der Waals surface area contributed by atoms with Gasteiger partial charge in [-0.25, -0.2) is 15.0 Å². The van der Waals surface area contributed by atoms with E-state index < -0.39 is 0 Å². The Balaban J connectivity index is 1.84. The van der Waals surface area contributed by atoms with Gasteiger partial charge in [0, 0.05) is 32.5 Å². The number of nitrogens with one attached hydrogen (secondary N) is 3. The standard InChI is InChI=1S/C15H20N6O2/c1-11-3-4-16-13(7-11)21-14-8-12(19-10-20-14)17-5-6-18-15(22)9-23-2/h3-4,7-8,10H,5-6,9H2,1-2H3,(H,18,22)(H2,16,17,19,20,21). The summed E-state index contributed by atoms with van der Waals surface area (Å²) in [5, 5.41) is 8.95. The first-order valence-corrected chi connectivity index (χ1v) is 7.18. The highest BCUT2D eigenvalue weighted by molar-refractivity contribution is 5.77. The van der Waals surface area contributed by atoms with Crippen LogP contribution in [0.1, 0.15) is 5.56 Å². The molecule has 122 valence electrons. The number of aryl methyl sites for hydroxylation is 1. The molecule has 0 aliphatic carbocycles. The number of hydrogen-bond donors (Lipinski definition) is 3. The summed E-state index contributed by atoms with van der Waals surface area (Å²) in [7, 11) is 1.48. The molecule has 0 saturated heterocycles. The molecule has 0 spiro atoms. The van der Waals surface area contributed by atoms with Crippen LogP contribution in [0.25, 0.3) is 0 Å². The van der Waals surface area contributed by atoms with Crippen molar-refractivity contribution >= 4 is 23.4 Å². The minimum atomic E-state index is -0.148. The summed E-state index contributed by atoms with van der Waals surface area (Å²) in [6.07, 6.45) is 3.20. The lowest BCUT2D eigenvalue weighted by atomic mass is 10.3. The molecule has 0 aliphatic heterocycles. The van der Waals surface area contributed by atoms with Gasteiger partial charge >= 0.3 is 0 Å². The SMILES string of the molecule is COCC(=O)NCCNc1cc(Nc2cc(C)ccn2)ncn1. The molecule has 0 aromatic carbocycles. The summed E-state index contributed by atoms with van der Waals surface area (Å²) < 4.78 is 4.73. The second-order valence-corrected chi connectivity index (χ2v) is 4.84. The molecule has 0 fully saturated rings. The molecular formula is C15H20N6O2. The first kappa shape index (κ1) is 16.6. The smallest absolute Gasteiger partial charge is 0.246 e. The summed E-state index contributed by atoms with van der Waals surface area (Å²) in [4.78, 5) is 23.7. The van der Waals surface area contributed by atoms with Crippen molar-refractivity contribution in [3.05, 3.63) is 36.3 Å². The highest BCUT2D eigenvalue weighted by Gasteiger charge is 2.02. The van der Waals surface area contributed by atoms with Gasteiger partial charge < -0.3 is 20.7 Å². The van der Waals surface area contributed by atoms with Crippen LogP contribution in [0.2, 0.25) is 0 Å². The molecule has 0 saturated carbocycles. The fourth-order valence-electron chi connectivity index (χ4n) is 1.83. The van der Waals surface area contributed by atoms with Gasteiger partial charge in [0.05, 0.1) is 0 Å². The van der Waals surface area contributed by atoms with Crippen molar-refractivity contribution in [1.82, 2.24) is 20.3 Å². The van der Waals surface area contributed by atoms with Crippen LogP contribution in [0, 0.1) is 6.92 Å². The summed E-state index contributed by atoms with van der Waals surface area (Å²) in [5.41, 5.74) is 1.11. The van der Waals surface area contributed by atoms with Gasteiger partial charge in [0.2, 0.25) is 5.91 Å². The molecule has 0 aliphatic rings. The van der Waals surface area contributed by atoms with Crippen molar-refractivity contribution in [3.8, 4) is 0 Å². The number of aromatic nitrogens is 3. The highest BCUT2D eigenvalue weighted by Crippen LogP contribution is 2.14. The van der Waals surface area contributed by atoms with Gasteiger partial charge in [0.15, 0.2) is 0 Å². The van der Waals surface area contributed by atoms with Crippen LogP contribution < -0.4 is 16.0 Å². The van der Waals surface area contributed by atoms with Crippen molar-refractivity contribution in [2.45, 2.75) is 6.92 Å². The highest BCUT2D eigenvalue weighted by atomic mass is 16.5. The van der Waals surface area contributed by atoms with E-state index in [0.717, 1.165) is 11.4 Å². The molecule has 3 N–H and O–H groups in total. The number of hydrogen-bond acceptors (Lipinski definition) is 7. The zero-order valence-electron chi connectivity index (χ0n) is 13.2. The molecule has 2 aromatic rings. The first-order chi connectivity index (χ1) is 11.2. The van der Waals surface area contributed by atoms with E-state index >= 15 is 0 Å². The Bertz CT molecular complexity index is 649. The second kappa shape index (κ2) is 8.64. The average Bonchev–Trinajstić information content (AvgIpc) is 2.52. The van der Waals surface area contributed by atoms with Crippen LogP contribution in [0.5, 0.6) is 0 Å². The van der Waals surface area contributed by atoms with Gasteiger partial charge in [-0.2, -0.15) is 0 Å². The van der Waals surface area contributed by atoms with Crippen molar-refractivity contribution in [2.75, 3.05) is 37.4 Å². The molecule has 2 rings (SSSR count). The number of ether oxygens (including phenoxy) is 1. The largest absolute Gasteiger partial charge is 0.375 e. The van der Waals surface area contributed by atoms with E-state index in [9.17, 15) is 4.79 Å². The van der Waals surface area contributed by atoms with Crippen LogP contribution in [0.15, 0.2) is 30.7 Å². The number of rotatable bonds is 8. The Labute approximate surface area is 134 Å². The molecule has 0 unspecified atom stereocenters. The Morgan fingerprint density at radius 2 is 1.91 bits per heavy atom. The van der Waals surface area contributed by atoms with Crippen LogP contribution in [-0.4, -0.2) is 47.7 Å². The molecule has 8 nitrogen and oxygen atoms in total. The maximum atomic E-state index is 11.2. The number of nitrogens with zero attached hydrogens (tertiary/aromatic N) is 3. The zero-order chi connectivity index (χ0) is 16.5.